The molecule has 0 aromatic heterocycles. The van der Waals surface area contributed by atoms with E-state index in [0.717, 1.165) is 0 Å². The lowest BCUT2D eigenvalue weighted by molar-refractivity contribution is 0.698. The summed E-state index contributed by atoms with van der Waals surface area (Å²) in [5.74, 6) is 0.517. The van der Waals surface area contributed by atoms with E-state index in [4.69, 9.17) is 11.6 Å². The Balaban J connectivity index is 2.69. The highest BCUT2D eigenvalue weighted by molar-refractivity contribution is 6.29. The van der Waals surface area contributed by atoms with Gasteiger partial charge in [-0.05, 0) is 17.6 Å². The van der Waals surface area contributed by atoms with Crippen LogP contribution in [0.4, 0.5) is 0 Å². The van der Waals surface area contributed by atoms with E-state index >= 15 is 0 Å². The molecule has 0 aromatic rings. The summed E-state index contributed by atoms with van der Waals surface area (Å²) in [5, 5.41) is 0.645. The normalized spacial score (nSPS) is 17.2. The van der Waals surface area contributed by atoms with Crippen LogP contribution in [0.3, 0.4) is 0 Å². The minimum atomic E-state index is 0.517. The van der Waals surface area contributed by atoms with E-state index in [1.165, 1.54) is 5.57 Å². The van der Waals surface area contributed by atoms with Crippen molar-refractivity contribution >= 4 is 11.6 Å². The summed E-state index contributed by atoms with van der Waals surface area (Å²) in [7, 11) is 0. The molecule has 1 aliphatic rings. The molecule has 0 unspecified atom stereocenters. The number of rotatable bonds is 1. The number of hydrogen-bond donors (Lipinski definition) is 2. The summed E-state index contributed by atoms with van der Waals surface area (Å²) in [4.78, 5) is 0. The topological polar surface area (TPSA) is 24.1 Å². The number of allylic oxidation sites excluding steroid dienone is 2. The van der Waals surface area contributed by atoms with Gasteiger partial charge in [0.2, 0.25) is 0 Å². The molecule has 2 nitrogen and oxygen atoms in total. The fraction of sp³-hybridized carbons (Fsp3) is 0.429. The molecule has 0 atom stereocenters. The highest BCUT2D eigenvalue weighted by atomic mass is 35.5. The lowest BCUT2D eigenvalue weighted by atomic mass is 10.0. The van der Waals surface area contributed by atoms with Gasteiger partial charge in [0.1, 0.15) is 5.16 Å². The van der Waals surface area contributed by atoms with Crippen molar-refractivity contribution in [3.05, 3.63) is 23.0 Å². The molecule has 0 bridgehead atoms. The van der Waals surface area contributed by atoms with Gasteiger partial charge in [-0.25, -0.2) is 0 Å². The molecule has 0 radical (unpaired) electrons. The molecule has 1 heterocycles. The molecular weight excluding hydrogens is 148 g/mol. The van der Waals surface area contributed by atoms with Crippen molar-refractivity contribution < 1.29 is 0 Å². The van der Waals surface area contributed by atoms with Gasteiger partial charge in [0, 0.05) is 6.20 Å². The Morgan fingerprint density at radius 3 is 2.60 bits per heavy atom. The second-order valence-corrected chi connectivity index (χ2v) is 2.97. The van der Waals surface area contributed by atoms with Gasteiger partial charge in [-0.2, -0.15) is 0 Å². The fourth-order valence-corrected chi connectivity index (χ4v) is 0.926. The van der Waals surface area contributed by atoms with Crippen LogP contribution in [0.5, 0.6) is 0 Å². The smallest absolute Gasteiger partial charge is 0.121 e. The summed E-state index contributed by atoms with van der Waals surface area (Å²) in [6.45, 7) is 4.25. The maximum absolute atomic E-state index is 5.70. The van der Waals surface area contributed by atoms with Crippen LogP contribution in [0.1, 0.15) is 13.8 Å². The van der Waals surface area contributed by atoms with Crippen LogP contribution < -0.4 is 10.9 Å². The SMILES string of the molecule is CC(C)C1=CNNC(Cl)=C1. The Hall–Kier alpha value is -0.630. The predicted molar refractivity (Wildman–Crippen MR) is 43.1 cm³/mol. The standard InChI is InChI=1S/C7H11ClN2/c1-5(2)6-3-7(8)10-9-4-6/h3-5,9-10H,1-2H3. The van der Waals surface area contributed by atoms with Crippen LogP contribution in [0.15, 0.2) is 23.0 Å². The Morgan fingerprint density at radius 2 is 2.20 bits per heavy atom. The van der Waals surface area contributed by atoms with E-state index in [0.29, 0.717) is 11.1 Å². The lowest BCUT2D eigenvalue weighted by Crippen LogP contribution is -2.27. The van der Waals surface area contributed by atoms with Crippen LogP contribution in [-0.4, -0.2) is 0 Å². The van der Waals surface area contributed by atoms with Gasteiger partial charge in [0.15, 0.2) is 0 Å². The molecule has 0 aromatic carbocycles. The van der Waals surface area contributed by atoms with Crippen molar-refractivity contribution in [2.75, 3.05) is 0 Å². The maximum Gasteiger partial charge on any atom is 0.121 e. The first-order valence-electron chi connectivity index (χ1n) is 3.29. The Labute approximate surface area is 65.9 Å². The first-order chi connectivity index (χ1) is 4.70. The molecule has 1 rings (SSSR count). The lowest BCUT2D eigenvalue weighted by Gasteiger charge is -2.15. The first kappa shape index (κ1) is 7.48. The van der Waals surface area contributed by atoms with E-state index < -0.39 is 0 Å². The molecule has 0 aliphatic carbocycles. The van der Waals surface area contributed by atoms with Crippen molar-refractivity contribution in [2.24, 2.45) is 5.92 Å². The van der Waals surface area contributed by atoms with E-state index in [-0.39, 0.29) is 0 Å². The van der Waals surface area contributed by atoms with Crippen LogP contribution in [0, 0.1) is 5.92 Å². The summed E-state index contributed by atoms with van der Waals surface area (Å²) in [5.41, 5.74) is 6.83. The highest BCUT2D eigenvalue weighted by Gasteiger charge is 2.04. The zero-order valence-corrected chi connectivity index (χ0v) is 6.87. The summed E-state index contributed by atoms with van der Waals surface area (Å²) < 4.78 is 0. The number of halogens is 1. The first-order valence-corrected chi connectivity index (χ1v) is 3.67. The third-order valence-corrected chi connectivity index (χ3v) is 1.59. The zero-order valence-electron chi connectivity index (χ0n) is 6.11. The minimum absolute atomic E-state index is 0.517. The molecule has 56 valence electrons. The van der Waals surface area contributed by atoms with E-state index in [9.17, 15) is 0 Å². The van der Waals surface area contributed by atoms with Crippen LogP contribution in [0.2, 0.25) is 0 Å². The number of hydrogen-bond acceptors (Lipinski definition) is 2. The molecular formula is C7H11ClN2. The Bertz CT molecular complexity index is 182. The molecule has 3 heteroatoms. The zero-order chi connectivity index (χ0) is 7.56. The Morgan fingerprint density at radius 1 is 1.50 bits per heavy atom. The monoisotopic (exact) mass is 158 g/mol. The van der Waals surface area contributed by atoms with Crippen molar-refractivity contribution in [1.29, 1.82) is 0 Å². The molecule has 0 saturated carbocycles. The van der Waals surface area contributed by atoms with Gasteiger partial charge >= 0.3 is 0 Å². The van der Waals surface area contributed by atoms with Gasteiger partial charge in [-0.1, -0.05) is 25.4 Å². The summed E-state index contributed by atoms with van der Waals surface area (Å²) in [6.07, 6.45) is 3.83. The third kappa shape index (κ3) is 1.67. The third-order valence-electron chi connectivity index (χ3n) is 1.39. The minimum Gasteiger partial charge on any atom is -0.307 e. The fourth-order valence-electron chi connectivity index (χ4n) is 0.746. The van der Waals surface area contributed by atoms with Crippen molar-refractivity contribution in [1.82, 2.24) is 10.9 Å². The van der Waals surface area contributed by atoms with Gasteiger partial charge in [-0.3, -0.25) is 5.43 Å². The van der Waals surface area contributed by atoms with Crippen LogP contribution in [-0.2, 0) is 0 Å². The van der Waals surface area contributed by atoms with Crippen LogP contribution in [0.25, 0.3) is 0 Å². The van der Waals surface area contributed by atoms with Crippen molar-refractivity contribution in [3.8, 4) is 0 Å². The van der Waals surface area contributed by atoms with E-state index in [1.54, 1.807) is 0 Å². The molecule has 0 spiro atoms. The average Bonchev–Trinajstić information content (AvgIpc) is 1.88. The molecule has 0 amide bonds. The number of hydrazine groups is 1. The predicted octanol–water partition coefficient (Wildman–Crippen LogP) is 1.71. The maximum atomic E-state index is 5.70. The second kappa shape index (κ2) is 2.97. The summed E-state index contributed by atoms with van der Waals surface area (Å²) in [6, 6.07) is 0. The van der Waals surface area contributed by atoms with Gasteiger partial charge in [-0.15, -0.1) is 0 Å². The molecule has 0 fully saturated rings. The number of nitrogens with one attached hydrogen (secondary N) is 2. The summed E-state index contributed by atoms with van der Waals surface area (Å²) >= 11 is 5.70. The molecule has 1 aliphatic heterocycles. The largest absolute Gasteiger partial charge is 0.307 e. The van der Waals surface area contributed by atoms with E-state index in [2.05, 4.69) is 24.7 Å². The van der Waals surface area contributed by atoms with Crippen molar-refractivity contribution in [3.63, 3.8) is 0 Å². The van der Waals surface area contributed by atoms with Crippen LogP contribution >= 0.6 is 11.6 Å². The Kier molecular flexibility index (Phi) is 2.22. The van der Waals surface area contributed by atoms with Gasteiger partial charge in [0.05, 0.1) is 0 Å². The molecule has 2 N–H and O–H groups in total. The molecule has 10 heavy (non-hydrogen) atoms. The van der Waals surface area contributed by atoms with Crippen molar-refractivity contribution in [2.45, 2.75) is 13.8 Å². The van der Waals surface area contributed by atoms with Gasteiger partial charge in [0.25, 0.3) is 0 Å². The quantitative estimate of drug-likeness (QED) is 0.568. The highest BCUT2D eigenvalue weighted by Crippen LogP contribution is 2.14. The second-order valence-electron chi connectivity index (χ2n) is 2.56. The average molecular weight is 159 g/mol. The van der Waals surface area contributed by atoms with E-state index in [1.807, 2.05) is 12.3 Å². The molecule has 0 saturated heterocycles. The van der Waals surface area contributed by atoms with Gasteiger partial charge < -0.3 is 5.43 Å².